The van der Waals surface area contributed by atoms with Crippen molar-refractivity contribution in [2.75, 3.05) is 11.5 Å². The third-order valence-corrected chi connectivity index (χ3v) is 6.91. The van der Waals surface area contributed by atoms with Gasteiger partial charge in [-0.1, -0.05) is 23.5 Å². The van der Waals surface area contributed by atoms with Gasteiger partial charge in [0.25, 0.3) is 0 Å². The van der Waals surface area contributed by atoms with Gasteiger partial charge in [0, 0.05) is 11.5 Å². The molecule has 0 spiro atoms. The molecule has 0 N–H and O–H groups in total. The summed E-state index contributed by atoms with van der Waals surface area (Å²) in [6.07, 6.45) is 0. The summed E-state index contributed by atoms with van der Waals surface area (Å²) in [5.41, 5.74) is 0. The Morgan fingerprint density at radius 1 is 1.00 bits per heavy atom. The first-order valence-corrected chi connectivity index (χ1v) is 9.05. The second-order valence-electron chi connectivity index (χ2n) is 2.84. The maximum atomic E-state index is 8.56. The number of thioether (sulfide) groups is 5. The number of hydrogen-bond donors (Lipinski definition) is 0. The molecule has 0 fully saturated rings. The molecule has 0 aliphatic carbocycles. The van der Waals surface area contributed by atoms with Crippen LogP contribution < -0.4 is 0 Å². The van der Waals surface area contributed by atoms with Crippen LogP contribution >= 0.6 is 58.8 Å². The molecule has 2 unspecified atom stereocenters. The lowest BCUT2D eigenvalue weighted by atomic mass is 10.8. The minimum atomic E-state index is 0.0591. The number of nitrogens with zero attached hydrogens (tertiary/aromatic N) is 4. The fourth-order valence-corrected chi connectivity index (χ4v) is 6.02. The van der Waals surface area contributed by atoms with Crippen molar-refractivity contribution in [3.63, 3.8) is 0 Å². The van der Waals surface area contributed by atoms with Crippen LogP contribution in [0.25, 0.3) is 0 Å². The average Bonchev–Trinajstić information content (AvgIpc) is 2.91. The molecule has 0 amide bonds. The molecule has 88 valence electrons. The summed E-state index contributed by atoms with van der Waals surface area (Å²) in [6.45, 7) is 0. The van der Waals surface area contributed by atoms with Crippen LogP contribution in [0.2, 0.25) is 0 Å². The zero-order valence-corrected chi connectivity index (χ0v) is 12.5. The second kappa shape index (κ2) is 6.86. The number of hydrogen-bond acceptors (Lipinski definition) is 9. The third-order valence-electron chi connectivity index (χ3n) is 1.75. The number of thiocyanates is 2. The molecule has 4 nitrogen and oxygen atoms in total. The van der Waals surface area contributed by atoms with E-state index in [0.717, 1.165) is 20.3 Å². The Morgan fingerprint density at radius 3 is 1.88 bits per heavy atom. The molecule has 0 aromatic carbocycles. The quantitative estimate of drug-likeness (QED) is 0.725. The van der Waals surface area contributed by atoms with Crippen LogP contribution in [-0.2, 0) is 0 Å². The summed E-state index contributed by atoms with van der Waals surface area (Å²) >= 11 is 7.29. The zero-order valence-electron chi connectivity index (χ0n) is 8.40. The molecule has 0 aromatic heterocycles. The first kappa shape index (κ1) is 13.5. The van der Waals surface area contributed by atoms with Crippen molar-refractivity contribution in [1.29, 1.82) is 10.5 Å². The highest BCUT2D eigenvalue weighted by Gasteiger charge is 2.24. The summed E-state index contributed by atoms with van der Waals surface area (Å²) in [5.74, 6) is 1.71. The van der Waals surface area contributed by atoms with Gasteiger partial charge in [-0.05, 0) is 35.3 Å². The Morgan fingerprint density at radius 2 is 1.47 bits per heavy atom. The monoisotopic (exact) mass is 318 g/mol. The van der Waals surface area contributed by atoms with Crippen LogP contribution in [0.3, 0.4) is 0 Å². The van der Waals surface area contributed by atoms with Crippen LogP contribution in [0, 0.1) is 21.3 Å². The van der Waals surface area contributed by atoms with Crippen molar-refractivity contribution in [3.8, 4) is 10.8 Å². The lowest BCUT2D eigenvalue weighted by molar-refractivity contribution is 1.09. The zero-order chi connectivity index (χ0) is 12.1. The Balaban J connectivity index is 1.87. The summed E-state index contributed by atoms with van der Waals surface area (Å²) in [4.78, 5) is 8.86. The van der Waals surface area contributed by atoms with Crippen LogP contribution in [0.5, 0.6) is 0 Å². The van der Waals surface area contributed by atoms with Crippen molar-refractivity contribution in [2.45, 2.75) is 10.7 Å². The predicted molar refractivity (Wildman–Crippen MR) is 81.4 cm³/mol. The maximum absolute atomic E-state index is 8.56. The molecular formula is C8H6N4S5. The van der Waals surface area contributed by atoms with E-state index in [4.69, 9.17) is 10.5 Å². The van der Waals surface area contributed by atoms with Crippen LogP contribution in [0.4, 0.5) is 0 Å². The van der Waals surface area contributed by atoms with E-state index in [-0.39, 0.29) is 10.7 Å². The van der Waals surface area contributed by atoms with Crippen molar-refractivity contribution < 1.29 is 0 Å². The Labute approximate surface area is 120 Å². The summed E-state index contributed by atoms with van der Waals surface area (Å²) in [6, 6.07) is 0. The molecule has 2 aliphatic rings. The second-order valence-corrected chi connectivity index (χ2v) is 8.28. The van der Waals surface area contributed by atoms with E-state index in [1.54, 1.807) is 35.3 Å². The summed E-state index contributed by atoms with van der Waals surface area (Å²) in [7, 11) is 0. The number of rotatable bonds is 2. The van der Waals surface area contributed by atoms with Crippen molar-refractivity contribution >= 4 is 67.6 Å². The molecule has 0 saturated heterocycles. The minimum Gasteiger partial charge on any atom is -0.255 e. The van der Waals surface area contributed by atoms with E-state index in [2.05, 4.69) is 20.8 Å². The van der Waals surface area contributed by atoms with E-state index >= 15 is 0 Å². The molecule has 0 aromatic rings. The Kier molecular flexibility index (Phi) is 5.45. The van der Waals surface area contributed by atoms with Gasteiger partial charge >= 0.3 is 0 Å². The SMILES string of the molecule is N#CSC1CSC(SC2=NC(SC#N)CS2)=N1. The fourth-order valence-electron chi connectivity index (χ4n) is 1.10. The third kappa shape index (κ3) is 4.04. The van der Waals surface area contributed by atoms with Crippen molar-refractivity contribution in [2.24, 2.45) is 9.98 Å². The van der Waals surface area contributed by atoms with Crippen molar-refractivity contribution in [1.82, 2.24) is 0 Å². The lowest BCUT2D eigenvalue weighted by Crippen LogP contribution is -1.93. The van der Waals surface area contributed by atoms with Gasteiger partial charge in [0.05, 0.1) is 0 Å². The molecule has 0 bridgehead atoms. The molecule has 0 radical (unpaired) electrons. The van der Waals surface area contributed by atoms with Gasteiger partial charge < -0.3 is 0 Å². The Hall–Kier alpha value is 0.0700. The van der Waals surface area contributed by atoms with E-state index in [0.29, 0.717) is 0 Å². The van der Waals surface area contributed by atoms with Gasteiger partial charge in [-0.3, -0.25) is 9.98 Å². The van der Waals surface area contributed by atoms with Gasteiger partial charge in [-0.15, -0.1) is 0 Å². The average molecular weight is 318 g/mol. The highest BCUT2D eigenvalue weighted by molar-refractivity contribution is 8.54. The predicted octanol–water partition coefficient (Wildman–Crippen LogP) is 3.01. The molecule has 9 heteroatoms. The normalized spacial score (nSPS) is 27.2. The molecule has 2 atom stereocenters. The van der Waals surface area contributed by atoms with Crippen LogP contribution in [0.15, 0.2) is 9.98 Å². The topological polar surface area (TPSA) is 72.3 Å². The highest BCUT2D eigenvalue weighted by atomic mass is 32.2. The van der Waals surface area contributed by atoms with Gasteiger partial charge in [-0.2, -0.15) is 10.5 Å². The summed E-state index contributed by atoms with van der Waals surface area (Å²) < 4.78 is 1.96. The van der Waals surface area contributed by atoms with Crippen molar-refractivity contribution in [3.05, 3.63) is 0 Å². The van der Waals surface area contributed by atoms with Gasteiger partial charge in [0.1, 0.15) is 30.3 Å². The van der Waals surface area contributed by atoms with Gasteiger partial charge in [0.15, 0.2) is 0 Å². The first-order chi connectivity index (χ1) is 8.31. The van der Waals surface area contributed by atoms with Crippen LogP contribution in [0.1, 0.15) is 0 Å². The molecular weight excluding hydrogens is 312 g/mol. The van der Waals surface area contributed by atoms with E-state index in [9.17, 15) is 0 Å². The van der Waals surface area contributed by atoms with Gasteiger partial charge in [-0.25, -0.2) is 0 Å². The molecule has 2 rings (SSSR count). The number of aliphatic imine (C=N–C) groups is 2. The van der Waals surface area contributed by atoms with E-state index in [1.165, 1.54) is 23.5 Å². The van der Waals surface area contributed by atoms with Crippen LogP contribution in [-0.4, -0.2) is 31.0 Å². The van der Waals surface area contributed by atoms with E-state index in [1.807, 2.05) is 0 Å². The first-order valence-electron chi connectivity index (χ1n) is 4.50. The lowest BCUT2D eigenvalue weighted by Gasteiger charge is -1.96. The van der Waals surface area contributed by atoms with Gasteiger partial charge in [0.2, 0.25) is 0 Å². The number of nitriles is 2. The smallest absolute Gasteiger partial charge is 0.135 e. The fraction of sp³-hybridized carbons (Fsp3) is 0.500. The standard InChI is InChI=1S/C8H6N4S5/c9-3-15-5-1-13-7(11-5)17-8-12-6(2-14-8)16-4-10/h5-6H,1-2H2. The molecule has 0 saturated carbocycles. The highest BCUT2D eigenvalue weighted by Crippen LogP contribution is 2.37. The summed E-state index contributed by atoms with van der Waals surface area (Å²) in [5, 5.41) is 21.4. The molecule has 2 aliphatic heterocycles. The van der Waals surface area contributed by atoms with E-state index < -0.39 is 0 Å². The Bertz CT molecular complexity index is 394. The largest absolute Gasteiger partial charge is 0.255 e. The minimum absolute atomic E-state index is 0.0591. The maximum Gasteiger partial charge on any atom is 0.135 e. The molecule has 17 heavy (non-hydrogen) atoms. The molecule has 2 heterocycles.